The summed E-state index contributed by atoms with van der Waals surface area (Å²) < 4.78 is 1.64. The molecule has 0 atom stereocenters. The molecule has 0 bridgehead atoms. The summed E-state index contributed by atoms with van der Waals surface area (Å²) >= 11 is 0. The van der Waals surface area contributed by atoms with E-state index in [1.807, 2.05) is 43.3 Å². The lowest BCUT2D eigenvalue weighted by Crippen LogP contribution is -2.03. The highest BCUT2D eigenvalue weighted by atomic mass is 16.4. The second-order valence-corrected chi connectivity index (χ2v) is 5.05. The van der Waals surface area contributed by atoms with E-state index >= 15 is 0 Å². The topological polar surface area (TPSA) is 54.6 Å². The number of benzene rings is 1. The zero-order chi connectivity index (χ0) is 15.0. The Morgan fingerprint density at radius 1 is 1.24 bits per heavy atom. The Bertz CT molecular complexity index is 817. The molecule has 1 N–H and O–H groups in total. The monoisotopic (exact) mass is 280 g/mol. The number of hydrogen-bond donors (Lipinski definition) is 1. The summed E-state index contributed by atoms with van der Waals surface area (Å²) in [6.07, 6.45) is 2.69. The van der Waals surface area contributed by atoms with Crippen molar-refractivity contribution in [1.82, 2.24) is 9.38 Å². The van der Waals surface area contributed by atoms with Crippen LogP contribution in [0.25, 0.3) is 16.9 Å². The van der Waals surface area contributed by atoms with Crippen LogP contribution in [0.2, 0.25) is 0 Å². The molecule has 0 aliphatic rings. The molecule has 2 aromatic heterocycles. The lowest BCUT2D eigenvalue weighted by atomic mass is 10.1. The summed E-state index contributed by atoms with van der Waals surface area (Å²) in [4.78, 5) is 16.2. The van der Waals surface area contributed by atoms with E-state index in [-0.39, 0.29) is 5.69 Å². The Kier molecular flexibility index (Phi) is 3.22. The second-order valence-electron chi connectivity index (χ2n) is 5.05. The van der Waals surface area contributed by atoms with Gasteiger partial charge in [-0.1, -0.05) is 37.3 Å². The van der Waals surface area contributed by atoms with Crippen molar-refractivity contribution in [3.8, 4) is 11.3 Å². The minimum absolute atomic E-state index is 0.206. The van der Waals surface area contributed by atoms with Gasteiger partial charge >= 0.3 is 5.97 Å². The smallest absolute Gasteiger partial charge is 0.355 e. The molecule has 0 unspecified atom stereocenters. The van der Waals surface area contributed by atoms with Gasteiger partial charge in [0.1, 0.15) is 11.3 Å². The Balaban J connectivity index is 2.28. The second kappa shape index (κ2) is 5.05. The van der Waals surface area contributed by atoms with Crippen molar-refractivity contribution >= 4 is 11.6 Å². The maximum Gasteiger partial charge on any atom is 0.355 e. The van der Waals surface area contributed by atoms with Gasteiger partial charge in [0.25, 0.3) is 0 Å². The van der Waals surface area contributed by atoms with Gasteiger partial charge in [-0.25, -0.2) is 9.78 Å². The van der Waals surface area contributed by atoms with Gasteiger partial charge in [0.15, 0.2) is 5.69 Å². The number of fused-ring (bicyclic) bond motifs is 1. The Hall–Kier alpha value is -2.62. The molecule has 4 nitrogen and oxygen atoms in total. The van der Waals surface area contributed by atoms with Crippen LogP contribution in [0, 0.1) is 6.92 Å². The average molecular weight is 280 g/mol. The largest absolute Gasteiger partial charge is 0.476 e. The third-order valence-corrected chi connectivity index (χ3v) is 3.68. The fourth-order valence-electron chi connectivity index (χ4n) is 2.51. The van der Waals surface area contributed by atoms with Gasteiger partial charge in [0.05, 0.1) is 0 Å². The van der Waals surface area contributed by atoms with Crippen molar-refractivity contribution in [2.75, 3.05) is 0 Å². The standard InChI is InChI=1S/C17H16N2O2/c1-3-12-6-8-13(9-7-12)14-15(17(20)21)19-10-4-5-11(2)16(19)18-14/h4-10H,3H2,1-2H3,(H,20,21). The van der Waals surface area contributed by atoms with E-state index < -0.39 is 5.97 Å². The van der Waals surface area contributed by atoms with Crippen LogP contribution < -0.4 is 0 Å². The number of rotatable bonds is 3. The number of aromatic carboxylic acids is 1. The normalized spacial score (nSPS) is 11.0. The van der Waals surface area contributed by atoms with E-state index in [0.717, 1.165) is 17.5 Å². The van der Waals surface area contributed by atoms with Crippen molar-refractivity contribution in [1.29, 1.82) is 0 Å². The van der Waals surface area contributed by atoms with Gasteiger partial charge in [0.2, 0.25) is 0 Å². The molecular formula is C17H16N2O2. The maximum atomic E-state index is 11.6. The van der Waals surface area contributed by atoms with Crippen LogP contribution in [0.1, 0.15) is 28.5 Å². The predicted molar refractivity (Wildman–Crippen MR) is 81.7 cm³/mol. The number of pyridine rings is 1. The van der Waals surface area contributed by atoms with Gasteiger partial charge in [-0.15, -0.1) is 0 Å². The summed E-state index contributed by atoms with van der Waals surface area (Å²) in [5.41, 5.74) is 4.40. The summed E-state index contributed by atoms with van der Waals surface area (Å²) in [5, 5.41) is 9.54. The van der Waals surface area contributed by atoms with Crippen molar-refractivity contribution in [2.45, 2.75) is 20.3 Å². The lowest BCUT2D eigenvalue weighted by Gasteiger charge is -2.02. The molecule has 21 heavy (non-hydrogen) atoms. The summed E-state index contributed by atoms with van der Waals surface area (Å²) in [5.74, 6) is -0.970. The summed E-state index contributed by atoms with van der Waals surface area (Å²) in [6.45, 7) is 4.02. The van der Waals surface area contributed by atoms with Crippen LogP contribution in [0.15, 0.2) is 42.6 Å². The van der Waals surface area contributed by atoms with Gasteiger partial charge in [-0.3, -0.25) is 4.40 Å². The molecule has 106 valence electrons. The third kappa shape index (κ3) is 2.18. The van der Waals surface area contributed by atoms with Crippen LogP contribution in [-0.2, 0) is 6.42 Å². The number of aryl methyl sites for hydroxylation is 2. The number of hydrogen-bond acceptors (Lipinski definition) is 2. The molecule has 0 amide bonds. The first-order chi connectivity index (χ1) is 10.1. The summed E-state index contributed by atoms with van der Waals surface area (Å²) in [7, 11) is 0. The minimum Gasteiger partial charge on any atom is -0.476 e. The first kappa shape index (κ1) is 13.4. The average Bonchev–Trinajstić information content (AvgIpc) is 2.88. The number of imidazole rings is 1. The fourth-order valence-corrected chi connectivity index (χ4v) is 2.51. The molecule has 0 aliphatic carbocycles. The SMILES string of the molecule is CCc1ccc(-c2nc3c(C)cccn3c2C(=O)O)cc1. The number of aromatic nitrogens is 2. The van der Waals surface area contributed by atoms with E-state index in [1.165, 1.54) is 5.56 Å². The number of carbonyl (C=O) groups is 1. The van der Waals surface area contributed by atoms with Crippen LogP contribution in [0.5, 0.6) is 0 Å². The molecule has 0 saturated heterocycles. The van der Waals surface area contributed by atoms with E-state index in [4.69, 9.17) is 0 Å². The van der Waals surface area contributed by atoms with Crippen LogP contribution in [0.3, 0.4) is 0 Å². The molecule has 0 radical (unpaired) electrons. The maximum absolute atomic E-state index is 11.6. The fraction of sp³-hybridized carbons (Fsp3) is 0.176. The zero-order valence-electron chi connectivity index (χ0n) is 12.0. The van der Waals surface area contributed by atoms with E-state index in [1.54, 1.807) is 10.6 Å². The van der Waals surface area contributed by atoms with Crippen molar-refractivity contribution < 1.29 is 9.90 Å². The number of carboxylic acid groups (broad SMARTS) is 1. The van der Waals surface area contributed by atoms with Gasteiger partial charge in [-0.05, 0) is 30.5 Å². The molecule has 0 aliphatic heterocycles. The number of nitrogens with zero attached hydrogens (tertiary/aromatic N) is 2. The predicted octanol–water partition coefficient (Wildman–Crippen LogP) is 3.57. The molecular weight excluding hydrogens is 264 g/mol. The van der Waals surface area contributed by atoms with Crippen molar-refractivity contribution in [2.24, 2.45) is 0 Å². The van der Waals surface area contributed by atoms with E-state index in [2.05, 4.69) is 11.9 Å². The van der Waals surface area contributed by atoms with Gasteiger partial charge in [0, 0.05) is 11.8 Å². The molecule has 1 aromatic carbocycles. The molecule has 0 spiro atoms. The quantitative estimate of drug-likeness (QED) is 0.798. The van der Waals surface area contributed by atoms with E-state index in [9.17, 15) is 9.90 Å². The highest BCUT2D eigenvalue weighted by Crippen LogP contribution is 2.26. The molecule has 0 saturated carbocycles. The highest BCUT2D eigenvalue weighted by molar-refractivity contribution is 5.95. The Morgan fingerprint density at radius 3 is 2.57 bits per heavy atom. The molecule has 3 aromatic rings. The highest BCUT2D eigenvalue weighted by Gasteiger charge is 2.20. The Morgan fingerprint density at radius 2 is 1.95 bits per heavy atom. The zero-order valence-corrected chi connectivity index (χ0v) is 12.0. The molecule has 3 rings (SSSR count). The summed E-state index contributed by atoms with van der Waals surface area (Å²) in [6, 6.07) is 11.7. The molecule has 4 heteroatoms. The lowest BCUT2D eigenvalue weighted by molar-refractivity contribution is 0.0690. The molecule has 0 fully saturated rings. The van der Waals surface area contributed by atoms with Gasteiger partial charge < -0.3 is 5.11 Å². The Labute approximate surface area is 122 Å². The van der Waals surface area contributed by atoms with E-state index in [0.29, 0.717) is 11.3 Å². The van der Waals surface area contributed by atoms with Gasteiger partial charge in [-0.2, -0.15) is 0 Å². The van der Waals surface area contributed by atoms with Crippen LogP contribution >= 0.6 is 0 Å². The first-order valence-electron chi connectivity index (χ1n) is 6.92. The minimum atomic E-state index is -0.970. The number of carboxylic acids is 1. The van der Waals surface area contributed by atoms with Crippen LogP contribution in [0.4, 0.5) is 0 Å². The van der Waals surface area contributed by atoms with Crippen LogP contribution in [-0.4, -0.2) is 20.5 Å². The van der Waals surface area contributed by atoms with Crippen molar-refractivity contribution in [3.05, 3.63) is 59.4 Å². The molecule has 2 heterocycles. The van der Waals surface area contributed by atoms with Crippen molar-refractivity contribution in [3.63, 3.8) is 0 Å². The first-order valence-corrected chi connectivity index (χ1v) is 6.92. The third-order valence-electron chi connectivity index (χ3n) is 3.68.